The van der Waals surface area contributed by atoms with Gasteiger partial charge in [-0.3, -0.25) is 18.6 Å². The Morgan fingerprint density at radius 1 is 0.484 bits per heavy atom. The predicted octanol–water partition coefficient (Wildman–Crippen LogP) is 10.3. The van der Waals surface area contributed by atoms with E-state index in [9.17, 15) is 44.6 Å². The third kappa shape index (κ3) is 31.7. The Morgan fingerprint density at radius 3 is 1.34 bits per heavy atom. The summed E-state index contributed by atoms with van der Waals surface area (Å²) < 4.78 is 33.6. The molecule has 1 aliphatic rings. The van der Waals surface area contributed by atoms with E-state index in [1.165, 1.54) is 89.9 Å². The van der Waals surface area contributed by atoms with Crippen molar-refractivity contribution in [3.8, 4) is 0 Å². The summed E-state index contributed by atoms with van der Waals surface area (Å²) >= 11 is 0. The van der Waals surface area contributed by atoms with E-state index in [1.807, 2.05) is 0 Å². The van der Waals surface area contributed by atoms with Crippen LogP contribution in [0.3, 0.4) is 0 Å². The minimum Gasteiger partial charge on any atom is -0.462 e. The molecule has 0 saturated heterocycles. The quantitative estimate of drug-likeness (QED) is 0.0146. The number of ether oxygens (including phenoxy) is 2. The minimum atomic E-state index is -5.13. The lowest BCUT2D eigenvalue weighted by Crippen LogP contribution is -2.64. The van der Waals surface area contributed by atoms with Gasteiger partial charge in [0.25, 0.3) is 0 Å². The van der Waals surface area contributed by atoms with E-state index in [4.69, 9.17) is 18.5 Å². The Labute approximate surface area is 386 Å². The molecule has 1 saturated carbocycles. The summed E-state index contributed by atoms with van der Waals surface area (Å²) in [6.07, 6.45) is 34.4. The molecule has 0 heterocycles. The normalized spacial score (nSPS) is 21.9. The fraction of sp³-hybridized carbons (Fsp3) is 0.800. The lowest BCUT2D eigenvalue weighted by molar-refractivity contribution is -0.220. The molecule has 0 aromatic heterocycles. The molecular formula is C50H89O13P. The van der Waals surface area contributed by atoms with Gasteiger partial charge in [-0.2, -0.15) is 0 Å². The minimum absolute atomic E-state index is 0.0916. The standard InChI is InChI=1S/C50H89O13P/c1-3-5-7-9-11-13-15-17-19-21-23-25-27-29-31-33-35-37-39-44(52)62-42(41-61-64(58,59)63-50-48(56)46(54)45(53)47(55)49(50)57)40-60-43(51)38-36-34-32-30-28-26-24-22-20-18-16-14-12-10-8-6-4-2/h8,10,14,16,20,22,26,28,42,45-50,53-57H,3-7,9,11-13,15,17-19,21,23-25,27,29-41H2,1-2H3,(H,58,59)/b10-8+,16-14+,22-20+,28-26+/t42-,45?,46+,47?,48?,49?,50?/m1/s1. The van der Waals surface area contributed by atoms with Gasteiger partial charge >= 0.3 is 19.8 Å². The van der Waals surface area contributed by atoms with Crippen molar-refractivity contribution < 1.29 is 63.1 Å². The molecule has 0 aromatic rings. The number of phosphoric acid groups is 1. The van der Waals surface area contributed by atoms with Crippen LogP contribution >= 0.6 is 7.82 Å². The van der Waals surface area contributed by atoms with Crippen molar-refractivity contribution in [1.82, 2.24) is 0 Å². The van der Waals surface area contributed by atoms with E-state index in [2.05, 4.69) is 62.5 Å². The molecule has 14 heteroatoms. The average molecular weight is 929 g/mol. The van der Waals surface area contributed by atoms with Gasteiger partial charge in [0.15, 0.2) is 6.10 Å². The third-order valence-electron chi connectivity index (χ3n) is 11.4. The van der Waals surface area contributed by atoms with Crippen molar-refractivity contribution in [2.45, 2.75) is 243 Å². The van der Waals surface area contributed by atoms with Crippen LogP contribution < -0.4 is 0 Å². The van der Waals surface area contributed by atoms with Crippen LogP contribution in [0.15, 0.2) is 48.6 Å². The van der Waals surface area contributed by atoms with Crippen LogP contribution in [-0.4, -0.2) is 98.3 Å². The smallest absolute Gasteiger partial charge is 0.462 e. The van der Waals surface area contributed by atoms with Crippen LogP contribution in [0.25, 0.3) is 0 Å². The topological polar surface area (TPSA) is 210 Å². The number of rotatable bonds is 41. The molecule has 0 aliphatic heterocycles. The Morgan fingerprint density at radius 2 is 0.875 bits per heavy atom. The number of carbonyl (C=O) groups excluding carboxylic acids is 2. The lowest BCUT2D eigenvalue weighted by Gasteiger charge is -2.41. The van der Waals surface area contributed by atoms with Crippen molar-refractivity contribution in [2.75, 3.05) is 13.2 Å². The molecule has 1 aliphatic carbocycles. The first-order valence-electron chi connectivity index (χ1n) is 24.9. The van der Waals surface area contributed by atoms with Crippen molar-refractivity contribution in [1.29, 1.82) is 0 Å². The summed E-state index contributed by atoms with van der Waals surface area (Å²) in [5.41, 5.74) is 0. The number of unbranched alkanes of at least 4 members (excludes halogenated alkanes) is 21. The average Bonchev–Trinajstić information content (AvgIpc) is 3.28. The van der Waals surface area contributed by atoms with Crippen molar-refractivity contribution in [3.63, 3.8) is 0 Å². The Kier molecular flexibility index (Phi) is 37.3. The fourth-order valence-electron chi connectivity index (χ4n) is 7.40. The van der Waals surface area contributed by atoms with Crippen molar-refractivity contribution in [2.24, 2.45) is 0 Å². The van der Waals surface area contributed by atoms with Crippen LogP contribution in [0.2, 0.25) is 0 Å². The molecule has 6 unspecified atom stereocenters. The first kappa shape index (κ1) is 59.8. The van der Waals surface area contributed by atoms with Crippen LogP contribution in [0.4, 0.5) is 0 Å². The van der Waals surface area contributed by atoms with E-state index < -0.39 is 75.7 Å². The summed E-state index contributed by atoms with van der Waals surface area (Å²) in [4.78, 5) is 35.8. The second kappa shape index (κ2) is 39.9. The molecule has 0 aromatic carbocycles. The zero-order valence-electron chi connectivity index (χ0n) is 39.6. The number of phosphoric ester groups is 1. The molecule has 6 N–H and O–H groups in total. The summed E-state index contributed by atoms with van der Waals surface area (Å²) in [5.74, 6) is -1.13. The van der Waals surface area contributed by atoms with Crippen LogP contribution in [-0.2, 0) is 32.7 Å². The maximum Gasteiger partial charge on any atom is 0.472 e. The fourth-order valence-corrected chi connectivity index (χ4v) is 8.37. The number of aliphatic hydroxyl groups is 5. The Hall–Kier alpha value is -2.19. The Bertz CT molecular complexity index is 1300. The molecule has 0 radical (unpaired) electrons. The maximum atomic E-state index is 12.8. The lowest BCUT2D eigenvalue weighted by atomic mass is 9.85. The maximum absolute atomic E-state index is 12.8. The zero-order chi connectivity index (χ0) is 47.1. The van der Waals surface area contributed by atoms with E-state index in [1.54, 1.807) is 0 Å². The molecule has 0 amide bonds. The molecule has 372 valence electrons. The van der Waals surface area contributed by atoms with Crippen molar-refractivity contribution >= 4 is 19.8 Å². The highest BCUT2D eigenvalue weighted by atomic mass is 31.2. The summed E-state index contributed by atoms with van der Waals surface area (Å²) in [5, 5.41) is 50.2. The largest absolute Gasteiger partial charge is 0.472 e. The van der Waals surface area contributed by atoms with Gasteiger partial charge < -0.3 is 39.9 Å². The molecule has 8 atom stereocenters. The summed E-state index contributed by atoms with van der Waals surface area (Å²) in [7, 11) is -5.13. The molecular weight excluding hydrogens is 840 g/mol. The number of esters is 2. The Balaban J connectivity index is 2.44. The van der Waals surface area contributed by atoms with Crippen molar-refractivity contribution in [3.05, 3.63) is 48.6 Å². The van der Waals surface area contributed by atoms with E-state index in [-0.39, 0.29) is 12.8 Å². The molecule has 0 bridgehead atoms. The summed E-state index contributed by atoms with van der Waals surface area (Å²) in [6, 6.07) is 0. The molecule has 1 fully saturated rings. The molecule has 1 rings (SSSR count). The molecule has 0 spiro atoms. The van der Waals surface area contributed by atoms with E-state index >= 15 is 0 Å². The van der Waals surface area contributed by atoms with Gasteiger partial charge in [-0.25, -0.2) is 4.57 Å². The molecule has 13 nitrogen and oxygen atoms in total. The SMILES string of the molecule is CCC/C=C/C/C=C/C/C=C/C/C=C/CCCCCC(=O)OC[C@H](COP(=O)(O)OC1C(O)C(O)C(O)[C@H](O)C1O)OC(=O)CCCCCCCCCCCCCCCCCCCC. The van der Waals surface area contributed by atoms with Crippen LogP contribution in [0.1, 0.15) is 200 Å². The van der Waals surface area contributed by atoms with Gasteiger partial charge in [-0.1, -0.05) is 184 Å². The number of hydrogen-bond donors (Lipinski definition) is 6. The second-order valence-corrected chi connectivity index (χ2v) is 18.7. The predicted molar refractivity (Wildman–Crippen MR) is 253 cm³/mol. The van der Waals surface area contributed by atoms with Gasteiger partial charge in [-0.15, -0.1) is 0 Å². The highest BCUT2D eigenvalue weighted by Crippen LogP contribution is 2.47. The summed E-state index contributed by atoms with van der Waals surface area (Å²) in [6.45, 7) is 3.23. The first-order valence-corrected chi connectivity index (χ1v) is 26.4. The highest BCUT2D eigenvalue weighted by molar-refractivity contribution is 7.47. The monoisotopic (exact) mass is 929 g/mol. The van der Waals surface area contributed by atoms with Gasteiger partial charge in [0, 0.05) is 12.8 Å². The zero-order valence-corrected chi connectivity index (χ0v) is 40.5. The first-order chi connectivity index (χ1) is 30.9. The highest BCUT2D eigenvalue weighted by Gasteiger charge is 2.51. The van der Waals surface area contributed by atoms with E-state index in [0.717, 1.165) is 70.6 Å². The number of carbonyl (C=O) groups is 2. The molecule has 64 heavy (non-hydrogen) atoms. The van der Waals surface area contributed by atoms with Gasteiger partial charge in [0.2, 0.25) is 0 Å². The second-order valence-electron chi connectivity index (χ2n) is 17.3. The van der Waals surface area contributed by atoms with Crippen LogP contribution in [0.5, 0.6) is 0 Å². The number of hydrogen-bond acceptors (Lipinski definition) is 12. The number of allylic oxidation sites excluding steroid dienone is 8. The van der Waals surface area contributed by atoms with Gasteiger partial charge in [0.1, 0.15) is 43.2 Å². The van der Waals surface area contributed by atoms with Gasteiger partial charge in [0.05, 0.1) is 6.61 Å². The van der Waals surface area contributed by atoms with Gasteiger partial charge in [-0.05, 0) is 51.4 Å². The number of aliphatic hydroxyl groups excluding tert-OH is 5. The van der Waals surface area contributed by atoms with Crippen LogP contribution in [0, 0.1) is 0 Å². The van der Waals surface area contributed by atoms with E-state index in [0.29, 0.717) is 12.8 Å². The third-order valence-corrected chi connectivity index (χ3v) is 12.4.